The number of nitro groups is 1. The Morgan fingerprint density at radius 3 is 2.67 bits per heavy atom. The maximum absolute atomic E-state index is 10.9. The van der Waals surface area contributed by atoms with Crippen molar-refractivity contribution in [2.45, 2.75) is 6.61 Å². The number of nitrogens with zero attached hydrogens (tertiary/aromatic N) is 1. The lowest BCUT2D eigenvalue weighted by molar-refractivity contribution is -0.384. The highest BCUT2D eigenvalue weighted by Crippen LogP contribution is 2.31. The molecular weight excluding hydrogens is 317 g/mol. The lowest BCUT2D eigenvalue weighted by atomic mass is 10.1. The van der Waals surface area contributed by atoms with Gasteiger partial charge in [-0.3, -0.25) is 16.0 Å². The molecule has 0 aliphatic carbocycles. The molecule has 0 bridgehead atoms. The molecule has 0 saturated carbocycles. The second-order valence-electron chi connectivity index (χ2n) is 4.08. The Labute approximate surface area is 130 Å². The largest absolute Gasteiger partial charge is 0.487 e. The first-order chi connectivity index (χ1) is 10.0. The molecule has 21 heavy (non-hydrogen) atoms. The molecule has 0 spiro atoms. The molecule has 2 aromatic rings. The zero-order valence-corrected chi connectivity index (χ0v) is 12.2. The second-order valence-corrected chi connectivity index (χ2v) is 4.92. The van der Waals surface area contributed by atoms with Crippen molar-refractivity contribution in [1.82, 2.24) is 0 Å². The Hall–Kier alpha value is -2.02. The van der Waals surface area contributed by atoms with Crippen molar-refractivity contribution < 1.29 is 9.66 Å². The summed E-state index contributed by atoms with van der Waals surface area (Å²) in [6.07, 6.45) is 0. The van der Waals surface area contributed by atoms with E-state index < -0.39 is 4.92 Å². The third-order valence-electron chi connectivity index (χ3n) is 2.75. The van der Waals surface area contributed by atoms with Crippen molar-refractivity contribution >= 4 is 34.6 Å². The van der Waals surface area contributed by atoms with Crippen LogP contribution in [0.15, 0.2) is 36.4 Å². The van der Waals surface area contributed by atoms with E-state index in [0.717, 1.165) is 0 Å². The predicted octanol–water partition coefficient (Wildman–Crippen LogP) is 3.77. The number of ether oxygens (including phenoxy) is 1. The molecule has 0 amide bonds. The monoisotopic (exact) mass is 327 g/mol. The molecule has 0 fully saturated rings. The number of rotatable bonds is 5. The van der Waals surface area contributed by atoms with Crippen LogP contribution < -0.4 is 16.0 Å². The SMILES string of the molecule is NNc1c(COc2ccc(Cl)cc2Cl)cccc1[N+](=O)[O-]. The molecule has 0 aromatic heterocycles. The summed E-state index contributed by atoms with van der Waals surface area (Å²) < 4.78 is 5.55. The molecule has 6 nitrogen and oxygen atoms in total. The van der Waals surface area contributed by atoms with Crippen LogP contribution in [0, 0.1) is 10.1 Å². The summed E-state index contributed by atoms with van der Waals surface area (Å²) in [4.78, 5) is 10.4. The smallest absolute Gasteiger partial charge is 0.294 e. The zero-order valence-electron chi connectivity index (χ0n) is 10.7. The van der Waals surface area contributed by atoms with Crippen LogP contribution >= 0.6 is 23.2 Å². The number of halogens is 2. The van der Waals surface area contributed by atoms with Crippen molar-refractivity contribution in [2.75, 3.05) is 5.43 Å². The number of benzene rings is 2. The summed E-state index contributed by atoms with van der Waals surface area (Å²) in [7, 11) is 0. The van der Waals surface area contributed by atoms with Crippen LogP contribution in [0.25, 0.3) is 0 Å². The van der Waals surface area contributed by atoms with Gasteiger partial charge < -0.3 is 10.2 Å². The van der Waals surface area contributed by atoms with Gasteiger partial charge in [0.25, 0.3) is 5.69 Å². The van der Waals surface area contributed by atoms with Gasteiger partial charge in [0.2, 0.25) is 0 Å². The number of nitrogens with one attached hydrogen (secondary N) is 1. The average Bonchev–Trinajstić information content (AvgIpc) is 2.45. The Kier molecular flexibility index (Phi) is 4.85. The Morgan fingerprint density at radius 2 is 2.05 bits per heavy atom. The summed E-state index contributed by atoms with van der Waals surface area (Å²) in [5, 5.41) is 11.8. The molecule has 0 aliphatic rings. The average molecular weight is 328 g/mol. The molecule has 2 aromatic carbocycles. The summed E-state index contributed by atoms with van der Waals surface area (Å²) in [5.41, 5.74) is 2.95. The molecule has 0 heterocycles. The maximum Gasteiger partial charge on any atom is 0.294 e. The van der Waals surface area contributed by atoms with Crippen molar-refractivity contribution in [3.05, 3.63) is 62.1 Å². The molecule has 0 unspecified atom stereocenters. The highest BCUT2D eigenvalue weighted by atomic mass is 35.5. The molecule has 110 valence electrons. The zero-order chi connectivity index (χ0) is 15.4. The summed E-state index contributed by atoms with van der Waals surface area (Å²) >= 11 is 11.8. The first kappa shape index (κ1) is 15.4. The Balaban J connectivity index is 2.24. The molecule has 8 heteroatoms. The molecular formula is C13H11Cl2N3O3. The molecule has 2 rings (SSSR count). The minimum Gasteiger partial charge on any atom is -0.487 e. The number of anilines is 1. The van der Waals surface area contributed by atoms with E-state index in [1.807, 2.05) is 0 Å². The number of nitrogen functional groups attached to an aromatic ring is 1. The van der Waals surface area contributed by atoms with E-state index in [4.69, 9.17) is 33.8 Å². The van der Waals surface area contributed by atoms with Gasteiger partial charge in [0.1, 0.15) is 18.0 Å². The van der Waals surface area contributed by atoms with Crippen molar-refractivity contribution in [1.29, 1.82) is 0 Å². The third-order valence-corrected chi connectivity index (χ3v) is 3.28. The fraction of sp³-hybridized carbons (Fsp3) is 0.0769. The van der Waals surface area contributed by atoms with Crippen molar-refractivity contribution in [3.8, 4) is 5.75 Å². The first-order valence-electron chi connectivity index (χ1n) is 5.83. The molecule has 3 N–H and O–H groups in total. The Bertz CT molecular complexity index is 680. The van der Waals surface area contributed by atoms with Crippen LogP contribution in [0.2, 0.25) is 10.0 Å². The van der Waals surface area contributed by atoms with Crippen LogP contribution in [-0.4, -0.2) is 4.92 Å². The van der Waals surface area contributed by atoms with Gasteiger partial charge in [-0.2, -0.15) is 0 Å². The highest BCUT2D eigenvalue weighted by Gasteiger charge is 2.17. The van der Waals surface area contributed by atoms with Crippen molar-refractivity contribution in [3.63, 3.8) is 0 Å². The van der Waals surface area contributed by atoms with E-state index >= 15 is 0 Å². The first-order valence-corrected chi connectivity index (χ1v) is 6.59. The van der Waals surface area contributed by atoms with E-state index in [-0.39, 0.29) is 18.0 Å². The van der Waals surface area contributed by atoms with E-state index in [2.05, 4.69) is 5.43 Å². The number of nitro benzene ring substituents is 1. The normalized spacial score (nSPS) is 10.2. The number of nitrogens with two attached hydrogens (primary N) is 1. The molecule has 0 atom stereocenters. The van der Waals surface area contributed by atoms with E-state index in [1.165, 1.54) is 6.07 Å². The van der Waals surface area contributed by atoms with Crippen LogP contribution in [-0.2, 0) is 6.61 Å². The molecule has 0 saturated heterocycles. The number of hydrogen-bond donors (Lipinski definition) is 2. The van der Waals surface area contributed by atoms with E-state index in [9.17, 15) is 10.1 Å². The Morgan fingerprint density at radius 1 is 1.29 bits per heavy atom. The number of para-hydroxylation sites is 1. The van der Waals surface area contributed by atoms with Crippen LogP contribution in [0.1, 0.15) is 5.56 Å². The van der Waals surface area contributed by atoms with Crippen LogP contribution in [0.4, 0.5) is 11.4 Å². The maximum atomic E-state index is 10.9. The fourth-order valence-corrected chi connectivity index (χ4v) is 2.24. The van der Waals surface area contributed by atoms with Crippen LogP contribution in [0.3, 0.4) is 0 Å². The minimum absolute atomic E-state index is 0.0720. The summed E-state index contributed by atoms with van der Waals surface area (Å²) in [5.74, 6) is 5.78. The fourth-order valence-electron chi connectivity index (χ4n) is 1.77. The van der Waals surface area contributed by atoms with E-state index in [0.29, 0.717) is 21.4 Å². The highest BCUT2D eigenvalue weighted by molar-refractivity contribution is 6.35. The predicted molar refractivity (Wildman–Crippen MR) is 81.7 cm³/mol. The quantitative estimate of drug-likeness (QED) is 0.495. The summed E-state index contributed by atoms with van der Waals surface area (Å²) in [6.45, 7) is 0.0720. The van der Waals surface area contributed by atoms with Gasteiger partial charge in [-0.25, -0.2) is 0 Å². The standard InChI is InChI=1S/C13H11Cl2N3O3/c14-9-4-5-12(10(15)6-9)21-7-8-2-1-3-11(18(19)20)13(8)17-16/h1-6,17H,7,16H2. The minimum atomic E-state index is -0.520. The van der Waals surface area contributed by atoms with Gasteiger partial charge in [-0.15, -0.1) is 0 Å². The van der Waals surface area contributed by atoms with Gasteiger partial charge in [0.05, 0.1) is 9.95 Å². The van der Waals surface area contributed by atoms with Gasteiger partial charge >= 0.3 is 0 Å². The van der Waals surface area contributed by atoms with Gasteiger partial charge in [-0.05, 0) is 18.2 Å². The van der Waals surface area contributed by atoms with Gasteiger partial charge in [0.15, 0.2) is 0 Å². The lowest BCUT2D eigenvalue weighted by Gasteiger charge is -2.12. The topological polar surface area (TPSA) is 90.4 Å². The number of hydrogen-bond acceptors (Lipinski definition) is 5. The van der Waals surface area contributed by atoms with Gasteiger partial charge in [0, 0.05) is 16.7 Å². The number of hydrazine groups is 1. The third kappa shape index (κ3) is 3.55. The molecule has 0 aliphatic heterocycles. The van der Waals surface area contributed by atoms with Crippen LogP contribution in [0.5, 0.6) is 5.75 Å². The lowest BCUT2D eigenvalue weighted by Crippen LogP contribution is -2.12. The summed E-state index contributed by atoms with van der Waals surface area (Å²) in [6, 6.07) is 9.39. The van der Waals surface area contributed by atoms with Crippen molar-refractivity contribution in [2.24, 2.45) is 5.84 Å². The second kappa shape index (κ2) is 6.62. The van der Waals surface area contributed by atoms with Gasteiger partial charge in [-0.1, -0.05) is 35.3 Å². The molecule has 0 radical (unpaired) electrons. The van der Waals surface area contributed by atoms with E-state index in [1.54, 1.807) is 30.3 Å².